The Bertz CT molecular complexity index is 561. The molecule has 0 spiro atoms. The summed E-state index contributed by atoms with van der Waals surface area (Å²) >= 11 is 0. The Kier molecular flexibility index (Phi) is 12.8. The van der Waals surface area contributed by atoms with Gasteiger partial charge in [-0.05, 0) is 18.6 Å². The number of benzene rings is 1. The summed E-state index contributed by atoms with van der Waals surface area (Å²) in [7, 11) is 4.44. The van der Waals surface area contributed by atoms with Crippen LogP contribution in [0, 0.1) is 0 Å². The quantitative estimate of drug-likeness (QED) is 0.309. The molecule has 0 radical (unpaired) electrons. The summed E-state index contributed by atoms with van der Waals surface area (Å²) in [5.41, 5.74) is 0.256. The molecule has 0 atom stereocenters. The first kappa shape index (κ1) is 24.0. The summed E-state index contributed by atoms with van der Waals surface area (Å²) in [5.74, 6) is 0.547. The van der Waals surface area contributed by atoms with Crippen LogP contribution in [0.25, 0.3) is 0 Å². The van der Waals surface area contributed by atoms with E-state index in [-0.39, 0.29) is 24.5 Å². The maximum atomic E-state index is 12.3. The monoisotopic (exact) mass is 400 g/mol. The van der Waals surface area contributed by atoms with Gasteiger partial charge < -0.3 is 33.2 Å². The van der Waals surface area contributed by atoms with Crippen molar-refractivity contribution in [2.24, 2.45) is 0 Å². The number of carbonyl (C=O) groups is 1. The molecule has 0 aliphatic rings. The summed E-state index contributed by atoms with van der Waals surface area (Å²) in [6, 6.07) is 3.19. The first-order chi connectivity index (χ1) is 13.7. The summed E-state index contributed by atoms with van der Waals surface area (Å²) in [4.78, 5) is 12.3. The molecule has 1 rings (SSSR count). The van der Waals surface area contributed by atoms with Gasteiger partial charge in [0.1, 0.15) is 12.2 Å². The normalized spacial score (nSPS) is 10.6. The summed E-state index contributed by atoms with van der Waals surface area (Å²) < 4.78 is 37.1. The van der Waals surface area contributed by atoms with E-state index >= 15 is 0 Å². The van der Waals surface area contributed by atoms with Gasteiger partial charge in [-0.3, -0.25) is 0 Å². The molecule has 0 aromatic heterocycles. The minimum Gasteiger partial charge on any atom is -0.493 e. The molecule has 28 heavy (non-hydrogen) atoms. The van der Waals surface area contributed by atoms with Gasteiger partial charge in [0.2, 0.25) is 5.75 Å². The van der Waals surface area contributed by atoms with Crippen molar-refractivity contribution in [2.45, 2.75) is 19.8 Å². The van der Waals surface area contributed by atoms with Crippen molar-refractivity contribution in [1.82, 2.24) is 0 Å². The number of unbranched alkanes of at least 4 members (excludes halogenated alkanes) is 1. The summed E-state index contributed by atoms with van der Waals surface area (Å²) in [6.07, 6.45) is 2.19. The van der Waals surface area contributed by atoms with E-state index in [1.54, 1.807) is 12.1 Å². The van der Waals surface area contributed by atoms with E-state index in [2.05, 4.69) is 6.92 Å². The first-order valence-electron chi connectivity index (χ1n) is 9.38. The smallest absolute Gasteiger partial charge is 0.342 e. The van der Waals surface area contributed by atoms with E-state index in [1.807, 2.05) is 0 Å². The highest BCUT2D eigenvalue weighted by Crippen LogP contribution is 2.39. The topological polar surface area (TPSA) is 81.7 Å². The lowest BCUT2D eigenvalue weighted by molar-refractivity contribution is 0.000203. The maximum absolute atomic E-state index is 12.3. The zero-order valence-corrected chi connectivity index (χ0v) is 17.3. The number of rotatable bonds is 16. The fourth-order valence-corrected chi connectivity index (χ4v) is 2.32. The van der Waals surface area contributed by atoms with E-state index in [0.717, 1.165) is 19.4 Å². The Labute approximate surface area is 166 Å². The average molecular weight is 400 g/mol. The standard InChI is InChI=1S/C20H32O8/c1-5-6-9-25-10-11-26-12-13-27-14-15-28-20(21)16-7-8-17(22-2)19(24-4)18(16)23-3/h7-8H,5-6,9-15H2,1-4H3. The summed E-state index contributed by atoms with van der Waals surface area (Å²) in [5, 5.41) is 0. The van der Waals surface area contributed by atoms with Crippen molar-refractivity contribution in [1.29, 1.82) is 0 Å². The molecular weight excluding hydrogens is 368 g/mol. The predicted octanol–water partition coefficient (Wildman–Crippen LogP) is 2.72. The highest BCUT2D eigenvalue weighted by molar-refractivity contribution is 5.94. The Hall–Kier alpha value is -2.03. The number of hydrogen-bond donors (Lipinski definition) is 0. The van der Waals surface area contributed by atoms with Gasteiger partial charge in [0.15, 0.2) is 11.5 Å². The molecule has 0 aliphatic heterocycles. The molecule has 0 fully saturated rings. The second kappa shape index (κ2) is 15.0. The molecule has 1 aromatic rings. The fraction of sp³-hybridized carbons (Fsp3) is 0.650. The van der Waals surface area contributed by atoms with Gasteiger partial charge in [-0.1, -0.05) is 13.3 Å². The lowest BCUT2D eigenvalue weighted by Gasteiger charge is -2.15. The van der Waals surface area contributed by atoms with Crippen molar-refractivity contribution >= 4 is 5.97 Å². The minimum atomic E-state index is -0.526. The van der Waals surface area contributed by atoms with E-state index in [4.69, 9.17) is 33.2 Å². The van der Waals surface area contributed by atoms with Gasteiger partial charge in [0, 0.05) is 6.61 Å². The molecule has 1 aromatic carbocycles. The third-order valence-corrected chi connectivity index (χ3v) is 3.77. The highest BCUT2D eigenvalue weighted by atomic mass is 16.6. The van der Waals surface area contributed by atoms with Crippen LogP contribution in [0.1, 0.15) is 30.1 Å². The first-order valence-corrected chi connectivity index (χ1v) is 9.38. The molecule has 160 valence electrons. The van der Waals surface area contributed by atoms with Crippen LogP contribution in [-0.4, -0.2) is 73.5 Å². The molecule has 8 nitrogen and oxygen atoms in total. The van der Waals surface area contributed by atoms with Crippen molar-refractivity contribution in [3.8, 4) is 17.2 Å². The SMILES string of the molecule is CCCCOCCOCCOCCOC(=O)c1ccc(OC)c(OC)c1OC. The largest absolute Gasteiger partial charge is 0.493 e. The van der Waals surface area contributed by atoms with Gasteiger partial charge in [-0.2, -0.15) is 0 Å². The second-order valence-electron chi connectivity index (χ2n) is 5.71. The Morgan fingerprint density at radius 3 is 1.86 bits per heavy atom. The van der Waals surface area contributed by atoms with Crippen LogP contribution in [0.5, 0.6) is 17.2 Å². The van der Waals surface area contributed by atoms with Crippen LogP contribution in [-0.2, 0) is 18.9 Å². The lowest BCUT2D eigenvalue weighted by atomic mass is 10.1. The van der Waals surface area contributed by atoms with Crippen LogP contribution in [0.15, 0.2) is 12.1 Å². The molecule has 0 saturated carbocycles. The van der Waals surface area contributed by atoms with Crippen LogP contribution < -0.4 is 14.2 Å². The molecule has 0 saturated heterocycles. The Morgan fingerprint density at radius 2 is 1.32 bits per heavy atom. The number of carbonyl (C=O) groups excluding carboxylic acids is 1. The van der Waals surface area contributed by atoms with E-state index < -0.39 is 5.97 Å². The zero-order valence-electron chi connectivity index (χ0n) is 17.3. The lowest BCUT2D eigenvalue weighted by Crippen LogP contribution is -2.15. The van der Waals surface area contributed by atoms with Crippen LogP contribution in [0.3, 0.4) is 0 Å². The average Bonchev–Trinajstić information content (AvgIpc) is 2.72. The molecule has 0 N–H and O–H groups in total. The van der Waals surface area contributed by atoms with Gasteiger partial charge in [0.05, 0.1) is 54.4 Å². The van der Waals surface area contributed by atoms with Gasteiger partial charge >= 0.3 is 5.97 Å². The van der Waals surface area contributed by atoms with Gasteiger partial charge in [-0.15, -0.1) is 0 Å². The van der Waals surface area contributed by atoms with E-state index in [9.17, 15) is 4.79 Å². The van der Waals surface area contributed by atoms with Crippen molar-refractivity contribution in [3.63, 3.8) is 0 Å². The molecule has 0 bridgehead atoms. The third-order valence-electron chi connectivity index (χ3n) is 3.77. The molecule has 8 heteroatoms. The van der Waals surface area contributed by atoms with Crippen LogP contribution in [0.4, 0.5) is 0 Å². The number of ether oxygens (including phenoxy) is 7. The zero-order chi connectivity index (χ0) is 20.6. The Morgan fingerprint density at radius 1 is 0.750 bits per heavy atom. The van der Waals surface area contributed by atoms with Crippen LogP contribution in [0.2, 0.25) is 0 Å². The second-order valence-corrected chi connectivity index (χ2v) is 5.71. The highest BCUT2D eigenvalue weighted by Gasteiger charge is 2.21. The molecular formula is C20H32O8. The van der Waals surface area contributed by atoms with Crippen molar-refractivity contribution in [2.75, 3.05) is 67.6 Å². The van der Waals surface area contributed by atoms with Crippen molar-refractivity contribution < 1.29 is 38.0 Å². The fourth-order valence-electron chi connectivity index (χ4n) is 2.32. The summed E-state index contributed by atoms with van der Waals surface area (Å²) in [6.45, 7) is 5.31. The van der Waals surface area contributed by atoms with E-state index in [0.29, 0.717) is 37.9 Å². The van der Waals surface area contributed by atoms with Crippen LogP contribution >= 0.6 is 0 Å². The number of esters is 1. The van der Waals surface area contributed by atoms with Gasteiger partial charge in [0.25, 0.3) is 0 Å². The van der Waals surface area contributed by atoms with Gasteiger partial charge in [-0.25, -0.2) is 4.79 Å². The Balaban J connectivity index is 2.24. The molecule has 0 amide bonds. The van der Waals surface area contributed by atoms with Crippen molar-refractivity contribution in [3.05, 3.63) is 17.7 Å². The minimum absolute atomic E-state index is 0.121. The molecule has 0 heterocycles. The van der Waals surface area contributed by atoms with E-state index in [1.165, 1.54) is 21.3 Å². The number of methoxy groups -OCH3 is 3. The number of hydrogen-bond acceptors (Lipinski definition) is 8. The molecule has 0 aliphatic carbocycles. The molecule has 0 unspecified atom stereocenters. The third kappa shape index (κ3) is 8.33. The maximum Gasteiger partial charge on any atom is 0.342 e. The predicted molar refractivity (Wildman–Crippen MR) is 104 cm³/mol.